The van der Waals surface area contributed by atoms with Crippen LogP contribution in [0, 0.1) is 5.92 Å². The number of carboxylic acid groups (broad SMARTS) is 1. The van der Waals surface area contributed by atoms with Gasteiger partial charge in [0.05, 0.1) is 0 Å². The largest absolute Gasteiger partial charge is 0.481 e. The van der Waals surface area contributed by atoms with Gasteiger partial charge in [-0.25, -0.2) is 0 Å². The van der Waals surface area contributed by atoms with Gasteiger partial charge in [0.25, 0.3) is 5.91 Å². The van der Waals surface area contributed by atoms with Crippen LogP contribution in [-0.2, 0) is 9.59 Å². The number of carbonyl (C=O) groups is 2. The third kappa shape index (κ3) is 1.06. The number of aliphatic hydroxyl groups excluding tert-OH is 1. The second-order valence-corrected chi connectivity index (χ2v) is 3.00. The lowest BCUT2D eigenvalue weighted by atomic mass is 10.00. The number of carboxylic acids is 1. The van der Waals surface area contributed by atoms with Gasteiger partial charge in [-0.15, -0.1) is 0 Å². The first-order valence-electron chi connectivity index (χ1n) is 3.64. The van der Waals surface area contributed by atoms with Gasteiger partial charge >= 0.3 is 5.97 Å². The van der Waals surface area contributed by atoms with Crippen molar-refractivity contribution >= 4 is 11.9 Å². The Morgan fingerprint density at radius 1 is 1.58 bits per heavy atom. The van der Waals surface area contributed by atoms with Crippen molar-refractivity contribution in [3.8, 4) is 0 Å². The molecule has 2 N–H and O–H groups in total. The molecule has 1 aliphatic rings. The van der Waals surface area contributed by atoms with E-state index in [1.807, 2.05) is 0 Å². The maximum atomic E-state index is 11.0. The van der Waals surface area contributed by atoms with Crippen LogP contribution >= 0.6 is 0 Å². The first-order valence-corrected chi connectivity index (χ1v) is 3.64. The van der Waals surface area contributed by atoms with Gasteiger partial charge in [0.2, 0.25) is 0 Å². The minimum atomic E-state index is -1.39. The Morgan fingerprint density at radius 2 is 2.08 bits per heavy atom. The van der Waals surface area contributed by atoms with Gasteiger partial charge in [-0.1, -0.05) is 0 Å². The van der Waals surface area contributed by atoms with E-state index in [1.54, 1.807) is 6.92 Å². The summed E-state index contributed by atoms with van der Waals surface area (Å²) in [5, 5.41) is 17.8. The van der Waals surface area contributed by atoms with Gasteiger partial charge in [-0.3, -0.25) is 9.59 Å². The van der Waals surface area contributed by atoms with E-state index in [-0.39, 0.29) is 0 Å². The van der Waals surface area contributed by atoms with Crippen molar-refractivity contribution in [2.75, 3.05) is 7.05 Å². The number of hydrogen-bond acceptors (Lipinski definition) is 3. The summed E-state index contributed by atoms with van der Waals surface area (Å²) in [6.45, 7) is 1.60. The molecule has 0 radical (unpaired) electrons. The molecule has 5 nitrogen and oxygen atoms in total. The zero-order chi connectivity index (χ0) is 9.46. The van der Waals surface area contributed by atoms with E-state index >= 15 is 0 Å². The van der Waals surface area contributed by atoms with Crippen molar-refractivity contribution in [2.45, 2.75) is 19.1 Å². The Labute approximate surface area is 69.6 Å². The first-order chi connectivity index (χ1) is 5.46. The van der Waals surface area contributed by atoms with Crippen LogP contribution in [0.2, 0.25) is 0 Å². The third-order valence-electron chi connectivity index (χ3n) is 2.36. The van der Waals surface area contributed by atoms with Crippen molar-refractivity contribution in [1.29, 1.82) is 0 Å². The predicted molar refractivity (Wildman–Crippen MR) is 39.4 cm³/mol. The standard InChI is InChI=1S/C7H11NO4/c1-3-4(7(11)12)5(9)6(10)8(3)2/h3-5,9H,1-2H3,(H,11,12)/t3-,4+,5-/m1/s1. The number of hydrogen-bond donors (Lipinski definition) is 2. The number of rotatable bonds is 1. The number of likely N-dealkylation sites (tertiary alicyclic amines) is 1. The molecule has 0 aromatic carbocycles. The fourth-order valence-corrected chi connectivity index (χ4v) is 1.41. The normalized spacial score (nSPS) is 35.8. The fraction of sp³-hybridized carbons (Fsp3) is 0.714. The van der Waals surface area contributed by atoms with Crippen LogP contribution in [0.25, 0.3) is 0 Å². The molecule has 0 saturated carbocycles. The highest BCUT2D eigenvalue weighted by atomic mass is 16.4. The Bertz CT molecular complexity index is 227. The monoisotopic (exact) mass is 173 g/mol. The Balaban J connectivity index is 2.90. The van der Waals surface area contributed by atoms with Gasteiger partial charge in [0, 0.05) is 13.1 Å². The summed E-state index contributed by atoms with van der Waals surface area (Å²) in [6.07, 6.45) is -1.39. The number of carbonyl (C=O) groups excluding carboxylic acids is 1. The quantitative estimate of drug-likeness (QED) is 0.528. The third-order valence-corrected chi connectivity index (χ3v) is 2.36. The van der Waals surface area contributed by atoms with E-state index in [9.17, 15) is 14.7 Å². The molecular weight excluding hydrogens is 162 g/mol. The molecule has 0 aromatic heterocycles. The number of aliphatic carboxylic acids is 1. The Morgan fingerprint density at radius 3 is 2.25 bits per heavy atom. The maximum Gasteiger partial charge on any atom is 0.311 e. The fourth-order valence-electron chi connectivity index (χ4n) is 1.41. The highest BCUT2D eigenvalue weighted by Gasteiger charge is 2.47. The van der Waals surface area contributed by atoms with Crippen molar-refractivity contribution in [3.05, 3.63) is 0 Å². The molecule has 5 heteroatoms. The summed E-state index contributed by atoms with van der Waals surface area (Å²) in [4.78, 5) is 22.9. The molecule has 0 aliphatic carbocycles. The molecule has 12 heavy (non-hydrogen) atoms. The molecule has 1 amide bonds. The SMILES string of the molecule is C[C@@H]1[C@H](C(=O)O)[C@@H](O)C(=O)N1C. The number of amides is 1. The van der Waals surface area contributed by atoms with Gasteiger partial charge in [-0.05, 0) is 6.92 Å². The molecule has 1 rings (SSSR count). The first kappa shape index (κ1) is 8.99. The molecule has 1 aliphatic heterocycles. The molecular formula is C7H11NO4. The molecule has 1 fully saturated rings. The van der Waals surface area contributed by atoms with Crippen LogP contribution in [0.1, 0.15) is 6.92 Å². The van der Waals surface area contributed by atoms with Crippen LogP contribution in [0.4, 0.5) is 0 Å². The van der Waals surface area contributed by atoms with Crippen molar-refractivity contribution in [1.82, 2.24) is 4.90 Å². The Kier molecular flexibility index (Phi) is 2.06. The second-order valence-electron chi connectivity index (χ2n) is 3.00. The zero-order valence-electron chi connectivity index (χ0n) is 6.89. The lowest BCUT2D eigenvalue weighted by Crippen LogP contribution is -2.32. The molecule has 1 heterocycles. The topological polar surface area (TPSA) is 77.8 Å². The summed E-state index contributed by atoms with van der Waals surface area (Å²) in [6, 6.07) is -0.440. The van der Waals surface area contributed by atoms with Crippen LogP contribution in [0.3, 0.4) is 0 Å². The van der Waals surface area contributed by atoms with E-state index in [0.717, 1.165) is 0 Å². The summed E-state index contributed by atoms with van der Waals surface area (Å²) >= 11 is 0. The molecule has 0 unspecified atom stereocenters. The van der Waals surface area contributed by atoms with Gasteiger partial charge in [-0.2, -0.15) is 0 Å². The van der Waals surface area contributed by atoms with Crippen LogP contribution < -0.4 is 0 Å². The molecule has 0 aromatic rings. The summed E-state index contributed by atoms with van der Waals surface area (Å²) in [7, 11) is 1.49. The average molecular weight is 173 g/mol. The van der Waals surface area contributed by atoms with Crippen molar-refractivity contribution in [3.63, 3.8) is 0 Å². The van der Waals surface area contributed by atoms with Gasteiger partial charge in [0.1, 0.15) is 12.0 Å². The zero-order valence-corrected chi connectivity index (χ0v) is 6.89. The molecule has 0 bridgehead atoms. The minimum absolute atomic E-state index is 0.440. The smallest absolute Gasteiger partial charge is 0.311 e. The minimum Gasteiger partial charge on any atom is -0.481 e. The van der Waals surface area contributed by atoms with Crippen LogP contribution in [0.5, 0.6) is 0 Å². The lowest BCUT2D eigenvalue weighted by Gasteiger charge is -2.16. The van der Waals surface area contributed by atoms with Crippen molar-refractivity contribution < 1.29 is 19.8 Å². The second kappa shape index (κ2) is 2.75. The van der Waals surface area contributed by atoms with E-state index < -0.39 is 29.9 Å². The van der Waals surface area contributed by atoms with Crippen molar-refractivity contribution in [2.24, 2.45) is 5.92 Å². The van der Waals surface area contributed by atoms with Crippen LogP contribution in [-0.4, -0.2) is 46.2 Å². The van der Waals surface area contributed by atoms with E-state index in [1.165, 1.54) is 11.9 Å². The maximum absolute atomic E-state index is 11.0. The summed E-state index contributed by atoms with van der Waals surface area (Å²) in [5.74, 6) is -2.65. The summed E-state index contributed by atoms with van der Waals surface area (Å²) in [5.41, 5.74) is 0. The van der Waals surface area contributed by atoms with E-state index in [0.29, 0.717) is 0 Å². The summed E-state index contributed by atoms with van der Waals surface area (Å²) < 4.78 is 0. The molecule has 3 atom stereocenters. The van der Waals surface area contributed by atoms with Gasteiger partial charge in [0.15, 0.2) is 0 Å². The van der Waals surface area contributed by atoms with E-state index in [2.05, 4.69) is 0 Å². The average Bonchev–Trinajstić information content (AvgIpc) is 2.16. The van der Waals surface area contributed by atoms with Gasteiger partial charge < -0.3 is 15.1 Å². The predicted octanol–water partition coefficient (Wildman–Crippen LogP) is -1.09. The Hall–Kier alpha value is -1.10. The molecule has 68 valence electrons. The highest BCUT2D eigenvalue weighted by Crippen LogP contribution is 2.24. The number of aliphatic hydroxyl groups is 1. The van der Waals surface area contributed by atoms with Crippen LogP contribution in [0.15, 0.2) is 0 Å². The lowest BCUT2D eigenvalue weighted by molar-refractivity contribution is -0.147. The van der Waals surface area contributed by atoms with E-state index in [4.69, 9.17) is 5.11 Å². The highest BCUT2D eigenvalue weighted by molar-refractivity contribution is 5.90. The number of nitrogens with zero attached hydrogens (tertiary/aromatic N) is 1. The number of likely N-dealkylation sites (N-methyl/N-ethyl adjacent to an activating group) is 1. The molecule has 0 spiro atoms. The molecule has 1 saturated heterocycles.